The van der Waals surface area contributed by atoms with Crippen molar-refractivity contribution >= 4 is 5.91 Å². The van der Waals surface area contributed by atoms with E-state index in [-0.39, 0.29) is 5.91 Å². The number of amides is 1. The van der Waals surface area contributed by atoms with E-state index in [9.17, 15) is 4.79 Å². The van der Waals surface area contributed by atoms with Gasteiger partial charge in [-0.05, 0) is 67.5 Å². The van der Waals surface area contributed by atoms with Crippen LogP contribution in [0.4, 0.5) is 0 Å². The number of carbonyl (C=O) groups is 1. The second-order valence-electron chi connectivity index (χ2n) is 6.68. The van der Waals surface area contributed by atoms with Crippen LogP contribution in [0.15, 0.2) is 36.7 Å². The van der Waals surface area contributed by atoms with E-state index >= 15 is 0 Å². The van der Waals surface area contributed by atoms with Crippen molar-refractivity contribution in [1.29, 1.82) is 0 Å². The summed E-state index contributed by atoms with van der Waals surface area (Å²) in [6, 6.07) is 8.05. The Hall–Kier alpha value is -2.43. The second-order valence-corrected chi connectivity index (χ2v) is 6.68. The molecule has 2 aromatic rings. The van der Waals surface area contributed by atoms with Crippen LogP contribution in [0.3, 0.4) is 0 Å². The van der Waals surface area contributed by atoms with E-state index in [1.54, 1.807) is 6.20 Å². The highest BCUT2D eigenvalue weighted by Crippen LogP contribution is 2.27. The van der Waals surface area contributed by atoms with Crippen molar-refractivity contribution in [1.82, 2.24) is 15.1 Å². The zero-order chi connectivity index (χ0) is 17.6. The van der Waals surface area contributed by atoms with E-state index in [4.69, 9.17) is 4.74 Å². The van der Waals surface area contributed by atoms with Crippen molar-refractivity contribution in [3.63, 3.8) is 0 Å². The molecule has 0 spiro atoms. The fourth-order valence-corrected chi connectivity index (χ4v) is 3.22. The number of nitrogens with zero attached hydrogens (tertiary/aromatic N) is 3. The molecule has 1 aliphatic rings. The minimum absolute atomic E-state index is 0.176. The van der Waals surface area contributed by atoms with Gasteiger partial charge in [0.15, 0.2) is 0 Å². The van der Waals surface area contributed by atoms with Gasteiger partial charge in [-0.25, -0.2) is 0 Å². The lowest BCUT2D eigenvalue weighted by Crippen LogP contribution is -2.38. The largest absolute Gasteiger partial charge is 0.493 e. The number of hydrogen-bond donors (Lipinski definition) is 0. The van der Waals surface area contributed by atoms with E-state index in [1.807, 2.05) is 35.4 Å². The first kappa shape index (κ1) is 17.4. The van der Waals surface area contributed by atoms with Gasteiger partial charge in [0.2, 0.25) is 5.91 Å². The number of rotatable bonds is 5. The Labute approximate surface area is 149 Å². The van der Waals surface area contributed by atoms with Crippen LogP contribution >= 0.6 is 0 Å². The molecule has 1 aromatic heterocycles. The molecular formula is C20H25N3O2. The molecule has 0 bridgehead atoms. The maximum absolute atomic E-state index is 12.4. The first-order valence-corrected chi connectivity index (χ1v) is 8.88. The smallest absolute Gasteiger partial charge is 0.225 e. The van der Waals surface area contributed by atoms with Gasteiger partial charge >= 0.3 is 0 Å². The first-order valence-electron chi connectivity index (χ1n) is 8.88. The highest BCUT2D eigenvalue weighted by molar-refractivity contribution is 5.76. The number of likely N-dealkylation sites (tertiary alicyclic amines) is 1. The van der Waals surface area contributed by atoms with Crippen LogP contribution in [0, 0.1) is 13.8 Å². The van der Waals surface area contributed by atoms with Crippen LogP contribution in [-0.4, -0.2) is 40.7 Å². The lowest BCUT2D eigenvalue weighted by Gasteiger charge is -2.32. The number of carbonyl (C=O) groups excluding carboxylic acids is 1. The summed E-state index contributed by atoms with van der Waals surface area (Å²) in [6.45, 7) is 6.17. The minimum atomic E-state index is 0.176. The SMILES string of the molecule is Cc1ccc(OCCC(=O)N2CCC(c3ccnnc3)CC2)cc1C. The molecule has 0 saturated carbocycles. The number of hydrogen-bond acceptors (Lipinski definition) is 4. The van der Waals surface area contributed by atoms with Crippen LogP contribution in [-0.2, 0) is 4.79 Å². The Kier molecular flexibility index (Phi) is 5.64. The topological polar surface area (TPSA) is 55.3 Å². The maximum atomic E-state index is 12.4. The molecule has 1 fully saturated rings. The summed E-state index contributed by atoms with van der Waals surface area (Å²) < 4.78 is 5.73. The standard InChI is InChI=1S/C20H25N3O2/c1-15-3-4-19(13-16(15)2)25-12-8-20(24)23-10-6-17(7-11-23)18-5-9-21-22-14-18/h3-5,9,13-14,17H,6-8,10-12H2,1-2H3. The molecule has 5 heteroatoms. The van der Waals surface area contributed by atoms with Crippen molar-refractivity contribution in [3.8, 4) is 5.75 Å². The lowest BCUT2D eigenvalue weighted by atomic mass is 9.91. The van der Waals surface area contributed by atoms with Crippen LogP contribution < -0.4 is 4.74 Å². The van der Waals surface area contributed by atoms with Gasteiger partial charge in [-0.3, -0.25) is 4.79 Å². The van der Waals surface area contributed by atoms with Crippen molar-refractivity contribution < 1.29 is 9.53 Å². The monoisotopic (exact) mass is 339 g/mol. The average molecular weight is 339 g/mol. The number of aromatic nitrogens is 2. The highest BCUT2D eigenvalue weighted by Gasteiger charge is 2.23. The molecule has 132 valence electrons. The van der Waals surface area contributed by atoms with Gasteiger partial charge in [0.25, 0.3) is 0 Å². The highest BCUT2D eigenvalue weighted by atomic mass is 16.5. The molecule has 0 radical (unpaired) electrons. The van der Waals surface area contributed by atoms with Crippen molar-refractivity contribution in [2.24, 2.45) is 0 Å². The molecular weight excluding hydrogens is 314 g/mol. The van der Waals surface area contributed by atoms with Crippen molar-refractivity contribution in [2.45, 2.75) is 39.0 Å². The van der Waals surface area contributed by atoms with E-state index in [0.717, 1.165) is 31.7 Å². The van der Waals surface area contributed by atoms with Crippen LogP contribution in [0.25, 0.3) is 0 Å². The number of ether oxygens (including phenoxy) is 1. The van der Waals surface area contributed by atoms with E-state index in [2.05, 4.69) is 24.0 Å². The third-order valence-electron chi connectivity index (χ3n) is 4.99. The molecule has 0 atom stereocenters. The molecule has 0 N–H and O–H groups in total. The van der Waals surface area contributed by atoms with Gasteiger partial charge in [-0.2, -0.15) is 10.2 Å². The molecule has 5 nitrogen and oxygen atoms in total. The van der Waals surface area contributed by atoms with Gasteiger partial charge in [0.1, 0.15) is 5.75 Å². The summed E-state index contributed by atoms with van der Waals surface area (Å²) in [5, 5.41) is 7.77. The van der Waals surface area contributed by atoms with Gasteiger partial charge in [0.05, 0.1) is 19.2 Å². The molecule has 1 amide bonds. The number of benzene rings is 1. The summed E-state index contributed by atoms with van der Waals surface area (Å²) >= 11 is 0. The predicted octanol–water partition coefficient (Wildman–Crippen LogP) is 3.27. The number of piperidine rings is 1. The zero-order valence-corrected chi connectivity index (χ0v) is 14.9. The molecule has 1 aromatic carbocycles. The summed E-state index contributed by atoms with van der Waals surface area (Å²) in [7, 11) is 0. The number of aryl methyl sites for hydroxylation is 2. The van der Waals surface area contributed by atoms with Crippen molar-refractivity contribution in [2.75, 3.05) is 19.7 Å². The normalized spacial score (nSPS) is 15.2. The van der Waals surface area contributed by atoms with Gasteiger partial charge < -0.3 is 9.64 Å². The molecule has 0 unspecified atom stereocenters. The quantitative estimate of drug-likeness (QED) is 0.839. The van der Waals surface area contributed by atoms with Crippen LogP contribution in [0.5, 0.6) is 5.75 Å². The zero-order valence-electron chi connectivity index (χ0n) is 14.9. The fourth-order valence-electron chi connectivity index (χ4n) is 3.22. The summed E-state index contributed by atoms with van der Waals surface area (Å²) in [5.74, 6) is 1.49. The van der Waals surface area contributed by atoms with E-state index in [0.29, 0.717) is 18.9 Å². The molecule has 3 rings (SSSR count). The van der Waals surface area contributed by atoms with Crippen LogP contribution in [0.2, 0.25) is 0 Å². The summed E-state index contributed by atoms with van der Waals surface area (Å²) in [6.07, 6.45) is 5.95. The van der Waals surface area contributed by atoms with E-state index in [1.165, 1.54) is 16.7 Å². The predicted molar refractivity (Wildman–Crippen MR) is 96.6 cm³/mol. The average Bonchev–Trinajstić information content (AvgIpc) is 2.65. The third-order valence-corrected chi connectivity index (χ3v) is 4.99. The van der Waals surface area contributed by atoms with E-state index < -0.39 is 0 Å². The minimum Gasteiger partial charge on any atom is -0.493 e. The summed E-state index contributed by atoms with van der Waals surface area (Å²) in [5.41, 5.74) is 3.67. The summed E-state index contributed by atoms with van der Waals surface area (Å²) in [4.78, 5) is 14.3. The van der Waals surface area contributed by atoms with Crippen molar-refractivity contribution in [3.05, 3.63) is 53.3 Å². The molecule has 1 aliphatic heterocycles. The Balaban J connectivity index is 1.43. The fraction of sp³-hybridized carbons (Fsp3) is 0.450. The Morgan fingerprint density at radius 3 is 2.64 bits per heavy atom. The lowest BCUT2D eigenvalue weighted by molar-refractivity contribution is -0.132. The maximum Gasteiger partial charge on any atom is 0.225 e. The first-order chi connectivity index (χ1) is 12.1. The second kappa shape index (κ2) is 8.10. The van der Waals surface area contributed by atoms with Gasteiger partial charge in [0, 0.05) is 19.3 Å². The molecule has 1 saturated heterocycles. The Morgan fingerprint density at radius 1 is 1.16 bits per heavy atom. The van der Waals surface area contributed by atoms with Gasteiger partial charge in [-0.15, -0.1) is 0 Å². The molecule has 25 heavy (non-hydrogen) atoms. The Morgan fingerprint density at radius 2 is 1.96 bits per heavy atom. The Bertz CT molecular complexity index is 710. The molecule has 2 heterocycles. The van der Waals surface area contributed by atoms with Crippen LogP contribution in [0.1, 0.15) is 41.9 Å². The van der Waals surface area contributed by atoms with Gasteiger partial charge in [-0.1, -0.05) is 6.07 Å². The third kappa shape index (κ3) is 4.56. The molecule has 0 aliphatic carbocycles.